The van der Waals surface area contributed by atoms with Crippen molar-refractivity contribution in [1.29, 1.82) is 0 Å². The number of benzene rings is 1. The van der Waals surface area contributed by atoms with Crippen LogP contribution in [0.25, 0.3) is 0 Å². The third kappa shape index (κ3) is 3.78. The highest BCUT2D eigenvalue weighted by molar-refractivity contribution is 9.11. The van der Waals surface area contributed by atoms with Crippen molar-refractivity contribution in [3.63, 3.8) is 0 Å². The van der Waals surface area contributed by atoms with Crippen molar-refractivity contribution in [3.05, 3.63) is 44.0 Å². The number of hydrogen-bond donors (Lipinski definition) is 1. The van der Waals surface area contributed by atoms with Gasteiger partial charge in [0.1, 0.15) is 4.90 Å². The molecule has 0 saturated heterocycles. The molecule has 0 fully saturated rings. The SMILES string of the molecule is CCN(Cc1ccc(Br)s1)S(=O)(=O)c1cc(Cl)ccc1N. The summed E-state index contributed by atoms with van der Waals surface area (Å²) in [6, 6.07) is 8.26. The number of halogens is 2. The van der Waals surface area contributed by atoms with Crippen LogP contribution in [0, 0.1) is 0 Å². The van der Waals surface area contributed by atoms with E-state index in [1.807, 2.05) is 12.1 Å². The summed E-state index contributed by atoms with van der Waals surface area (Å²) in [5.74, 6) is 0. The first-order valence-corrected chi connectivity index (χ1v) is 9.56. The van der Waals surface area contributed by atoms with E-state index < -0.39 is 10.0 Å². The molecule has 0 saturated carbocycles. The number of anilines is 1. The second-order valence-corrected chi connectivity index (χ2v) is 9.21. The van der Waals surface area contributed by atoms with Crippen molar-refractivity contribution in [3.8, 4) is 0 Å². The van der Waals surface area contributed by atoms with Crippen LogP contribution in [0.5, 0.6) is 0 Å². The van der Waals surface area contributed by atoms with E-state index in [-0.39, 0.29) is 10.6 Å². The fourth-order valence-corrected chi connectivity index (χ4v) is 5.23. The fourth-order valence-electron chi connectivity index (χ4n) is 1.85. The van der Waals surface area contributed by atoms with Crippen LogP contribution in [0.4, 0.5) is 5.69 Å². The molecule has 0 spiro atoms. The molecule has 0 aliphatic heterocycles. The number of nitrogen functional groups attached to an aromatic ring is 1. The summed E-state index contributed by atoms with van der Waals surface area (Å²) < 4.78 is 27.8. The summed E-state index contributed by atoms with van der Waals surface area (Å²) in [5, 5.41) is 0.345. The Bertz CT molecular complexity index is 746. The predicted octanol–water partition coefficient (Wildman–Crippen LogP) is 3.96. The number of hydrogen-bond acceptors (Lipinski definition) is 4. The lowest BCUT2D eigenvalue weighted by Gasteiger charge is -2.20. The molecule has 2 rings (SSSR count). The topological polar surface area (TPSA) is 63.4 Å². The van der Waals surface area contributed by atoms with Crippen LogP contribution in [0.15, 0.2) is 39.0 Å². The van der Waals surface area contributed by atoms with E-state index >= 15 is 0 Å². The minimum absolute atomic E-state index is 0.0486. The third-order valence-electron chi connectivity index (χ3n) is 2.91. The van der Waals surface area contributed by atoms with Gasteiger partial charge < -0.3 is 5.73 Å². The van der Waals surface area contributed by atoms with Crippen molar-refractivity contribution in [2.45, 2.75) is 18.4 Å². The van der Waals surface area contributed by atoms with Crippen molar-refractivity contribution in [2.24, 2.45) is 0 Å². The molecule has 1 aromatic heterocycles. The second-order valence-electron chi connectivity index (χ2n) is 4.32. The normalized spacial score (nSPS) is 12.0. The Labute approximate surface area is 141 Å². The summed E-state index contributed by atoms with van der Waals surface area (Å²) in [7, 11) is -3.68. The molecule has 0 radical (unpaired) electrons. The first-order valence-electron chi connectivity index (χ1n) is 6.14. The third-order valence-corrected chi connectivity index (χ3v) is 6.73. The van der Waals surface area contributed by atoms with Gasteiger partial charge in [-0.3, -0.25) is 0 Å². The molecule has 114 valence electrons. The number of sulfonamides is 1. The first-order chi connectivity index (χ1) is 9.84. The molecule has 0 aliphatic rings. The summed E-state index contributed by atoms with van der Waals surface area (Å²) in [5.41, 5.74) is 6.00. The van der Waals surface area contributed by atoms with Crippen molar-refractivity contribution in [2.75, 3.05) is 12.3 Å². The molecular weight excluding hydrogens is 396 g/mol. The Morgan fingerprint density at radius 2 is 2.05 bits per heavy atom. The summed E-state index contributed by atoms with van der Waals surface area (Å²) in [4.78, 5) is 1.00. The zero-order valence-electron chi connectivity index (χ0n) is 11.2. The van der Waals surface area contributed by atoms with Crippen molar-refractivity contribution < 1.29 is 8.42 Å². The van der Waals surface area contributed by atoms with Gasteiger partial charge in [-0.25, -0.2) is 8.42 Å². The average molecular weight is 410 g/mol. The molecule has 1 heterocycles. The lowest BCUT2D eigenvalue weighted by Crippen LogP contribution is -2.30. The molecular formula is C13H14BrClN2O2S2. The maximum absolute atomic E-state index is 12.7. The zero-order chi connectivity index (χ0) is 15.6. The van der Waals surface area contributed by atoms with Gasteiger partial charge in [0.05, 0.1) is 9.47 Å². The zero-order valence-corrected chi connectivity index (χ0v) is 15.2. The molecule has 0 atom stereocenters. The maximum atomic E-state index is 12.7. The molecule has 0 bridgehead atoms. The van der Waals surface area contributed by atoms with Crippen LogP contribution in [-0.4, -0.2) is 19.3 Å². The second kappa shape index (κ2) is 6.66. The van der Waals surface area contributed by atoms with Crippen LogP contribution in [-0.2, 0) is 16.6 Å². The van der Waals surface area contributed by atoms with Gasteiger partial charge in [-0.15, -0.1) is 11.3 Å². The molecule has 4 nitrogen and oxygen atoms in total. The van der Waals surface area contributed by atoms with Crippen LogP contribution < -0.4 is 5.73 Å². The van der Waals surface area contributed by atoms with E-state index in [9.17, 15) is 8.42 Å². The van der Waals surface area contributed by atoms with E-state index in [1.54, 1.807) is 13.0 Å². The minimum atomic E-state index is -3.68. The monoisotopic (exact) mass is 408 g/mol. The molecule has 2 aromatic rings. The van der Waals surface area contributed by atoms with Crippen LogP contribution in [0.1, 0.15) is 11.8 Å². The van der Waals surface area contributed by atoms with Gasteiger partial charge >= 0.3 is 0 Å². The molecule has 8 heteroatoms. The summed E-state index contributed by atoms with van der Waals surface area (Å²) >= 11 is 10.8. The van der Waals surface area contributed by atoms with Gasteiger partial charge in [0.25, 0.3) is 0 Å². The number of rotatable bonds is 5. The van der Waals surface area contributed by atoms with Gasteiger partial charge in [0.2, 0.25) is 10.0 Å². The van der Waals surface area contributed by atoms with Gasteiger partial charge in [-0.1, -0.05) is 18.5 Å². The molecule has 2 N–H and O–H groups in total. The molecule has 0 unspecified atom stereocenters. The lowest BCUT2D eigenvalue weighted by atomic mass is 10.3. The Hall–Kier alpha value is -0.600. The highest BCUT2D eigenvalue weighted by atomic mass is 79.9. The largest absolute Gasteiger partial charge is 0.398 e. The first kappa shape index (κ1) is 16.8. The quantitative estimate of drug-likeness (QED) is 0.760. The Balaban J connectivity index is 2.37. The predicted molar refractivity (Wildman–Crippen MR) is 91.2 cm³/mol. The molecule has 1 aromatic carbocycles. The van der Waals surface area contributed by atoms with Gasteiger partial charge in [0.15, 0.2) is 0 Å². The fraction of sp³-hybridized carbons (Fsp3) is 0.231. The van der Waals surface area contributed by atoms with Gasteiger partial charge in [-0.05, 0) is 46.3 Å². The van der Waals surface area contributed by atoms with Crippen molar-refractivity contribution >= 4 is 54.6 Å². The van der Waals surface area contributed by atoms with E-state index in [0.717, 1.165) is 8.66 Å². The van der Waals surface area contributed by atoms with E-state index in [1.165, 1.54) is 27.8 Å². The smallest absolute Gasteiger partial charge is 0.245 e. The standard InChI is InChI=1S/C13H14BrClN2O2S2/c1-2-17(8-10-4-6-13(14)20-10)21(18,19)12-7-9(15)3-5-11(12)16/h3-7H,2,8,16H2,1H3. The number of nitrogens with two attached hydrogens (primary N) is 1. The lowest BCUT2D eigenvalue weighted by molar-refractivity contribution is 0.426. The highest BCUT2D eigenvalue weighted by Crippen LogP contribution is 2.29. The molecule has 0 aliphatic carbocycles. The van der Waals surface area contributed by atoms with Crippen molar-refractivity contribution in [1.82, 2.24) is 4.31 Å². The summed E-state index contributed by atoms with van der Waals surface area (Å²) in [6.45, 7) is 2.45. The number of nitrogens with zero attached hydrogens (tertiary/aromatic N) is 1. The van der Waals surface area contributed by atoms with Gasteiger partial charge in [0, 0.05) is 23.0 Å². The minimum Gasteiger partial charge on any atom is -0.398 e. The Morgan fingerprint density at radius 1 is 1.33 bits per heavy atom. The average Bonchev–Trinajstić information content (AvgIpc) is 2.84. The van der Waals surface area contributed by atoms with Crippen LogP contribution in [0.3, 0.4) is 0 Å². The van der Waals surface area contributed by atoms with Crippen LogP contribution >= 0.6 is 38.9 Å². The Kier molecular flexibility index (Phi) is 5.32. The Morgan fingerprint density at radius 3 is 2.62 bits per heavy atom. The summed E-state index contributed by atoms with van der Waals surface area (Å²) in [6.07, 6.45) is 0. The molecule has 21 heavy (non-hydrogen) atoms. The number of thiophene rings is 1. The van der Waals surface area contributed by atoms with Crippen LogP contribution in [0.2, 0.25) is 5.02 Å². The highest BCUT2D eigenvalue weighted by Gasteiger charge is 2.26. The van der Waals surface area contributed by atoms with E-state index in [4.69, 9.17) is 17.3 Å². The maximum Gasteiger partial charge on any atom is 0.245 e. The van der Waals surface area contributed by atoms with E-state index in [2.05, 4.69) is 15.9 Å². The van der Waals surface area contributed by atoms with Gasteiger partial charge in [-0.2, -0.15) is 4.31 Å². The van der Waals surface area contributed by atoms with E-state index in [0.29, 0.717) is 18.1 Å². The molecule has 0 amide bonds.